The molecule has 1 heterocycles. The van der Waals surface area contributed by atoms with Crippen LogP contribution in [-0.2, 0) is 17.6 Å². The van der Waals surface area contributed by atoms with Gasteiger partial charge in [0, 0.05) is 22.7 Å². The van der Waals surface area contributed by atoms with Crippen molar-refractivity contribution in [2.75, 3.05) is 38.6 Å². The van der Waals surface area contributed by atoms with Gasteiger partial charge in [0.05, 0.1) is 33.5 Å². The van der Waals surface area contributed by atoms with Crippen molar-refractivity contribution in [2.45, 2.75) is 45.4 Å². The molecule has 0 fully saturated rings. The fourth-order valence-corrected chi connectivity index (χ4v) is 5.41. The van der Waals surface area contributed by atoms with Crippen LogP contribution in [-0.4, -0.2) is 39.0 Å². The SMILES string of the molecule is CCOC(=O)c1c(NC(=S)Nc2cc(OC)c(OC)c(OC)c2)sc2c1CCCCCC2. The number of thiocarbonyl (C=S) groups is 1. The Balaban J connectivity index is 1.87. The minimum Gasteiger partial charge on any atom is -0.493 e. The highest BCUT2D eigenvalue weighted by atomic mass is 32.1. The molecule has 0 bridgehead atoms. The van der Waals surface area contributed by atoms with E-state index in [1.54, 1.807) is 44.8 Å². The number of hydrogen-bond donors (Lipinski definition) is 2. The maximum Gasteiger partial charge on any atom is 0.341 e. The largest absolute Gasteiger partial charge is 0.493 e. The van der Waals surface area contributed by atoms with Crippen molar-refractivity contribution in [3.05, 3.63) is 28.1 Å². The molecule has 0 aliphatic heterocycles. The highest BCUT2D eigenvalue weighted by molar-refractivity contribution is 7.80. The Hall–Kier alpha value is -2.52. The lowest BCUT2D eigenvalue weighted by Gasteiger charge is -2.16. The second kappa shape index (κ2) is 11.4. The summed E-state index contributed by atoms with van der Waals surface area (Å²) in [5, 5.41) is 7.46. The van der Waals surface area contributed by atoms with Gasteiger partial charge in [-0.05, 0) is 50.4 Å². The molecule has 1 aliphatic rings. The summed E-state index contributed by atoms with van der Waals surface area (Å²) in [5.41, 5.74) is 2.39. The molecule has 1 aliphatic carbocycles. The van der Waals surface area contributed by atoms with Crippen LogP contribution in [0.4, 0.5) is 10.7 Å². The van der Waals surface area contributed by atoms with Crippen molar-refractivity contribution in [1.29, 1.82) is 0 Å². The van der Waals surface area contributed by atoms with Crippen molar-refractivity contribution in [2.24, 2.45) is 0 Å². The van der Waals surface area contributed by atoms with E-state index in [4.69, 9.17) is 31.2 Å². The van der Waals surface area contributed by atoms with Crippen LogP contribution in [0.3, 0.4) is 0 Å². The van der Waals surface area contributed by atoms with Gasteiger partial charge in [-0.3, -0.25) is 0 Å². The molecule has 0 radical (unpaired) electrons. The van der Waals surface area contributed by atoms with Gasteiger partial charge in [-0.15, -0.1) is 11.3 Å². The zero-order chi connectivity index (χ0) is 23.1. The van der Waals surface area contributed by atoms with E-state index in [-0.39, 0.29) is 5.97 Å². The van der Waals surface area contributed by atoms with Crippen LogP contribution in [0.1, 0.15) is 53.4 Å². The van der Waals surface area contributed by atoms with Crippen LogP contribution < -0.4 is 24.8 Å². The molecule has 174 valence electrons. The lowest BCUT2D eigenvalue weighted by Crippen LogP contribution is -2.20. The average molecular weight is 479 g/mol. The topological polar surface area (TPSA) is 78.1 Å². The molecule has 7 nitrogen and oxygen atoms in total. The summed E-state index contributed by atoms with van der Waals surface area (Å²) in [6.45, 7) is 2.15. The summed E-state index contributed by atoms with van der Waals surface area (Å²) in [5.74, 6) is 1.23. The number of hydrogen-bond acceptors (Lipinski definition) is 7. The lowest BCUT2D eigenvalue weighted by atomic mass is 9.96. The van der Waals surface area contributed by atoms with Gasteiger partial charge in [0.1, 0.15) is 5.00 Å². The summed E-state index contributed by atoms with van der Waals surface area (Å²) < 4.78 is 21.6. The van der Waals surface area contributed by atoms with E-state index >= 15 is 0 Å². The van der Waals surface area contributed by atoms with Crippen molar-refractivity contribution in [3.8, 4) is 17.2 Å². The predicted octanol–water partition coefficient (Wildman–Crippen LogP) is 5.42. The van der Waals surface area contributed by atoms with Crippen LogP contribution in [0.25, 0.3) is 0 Å². The Morgan fingerprint density at radius 3 is 2.25 bits per heavy atom. The Morgan fingerprint density at radius 2 is 1.66 bits per heavy atom. The minimum atomic E-state index is -0.302. The maximum absolute atomic E-state index is 12.8. The standard InChI is InChI=1S/C23H30N2O5S2/c1-5-30-22(26)19-15-10-8-6-7-9-11-18(15)32-21(19)25-23(31)24-14-12-16(27-2)20(29-4)17(13-14)28-3/h12-13H,5-11H2,1-4H3,(H2,24,25,31). The third-order valence-corrected chi connectivity index (χ3v) is 6.71. The number of rotatable bonds is 7. The van der Waals surface area contributed by atoms with Gasteiger partial charge in [-0.1, -0.05) is 12.8 Å². The summed E-state index contributed by atoms with van der Waals surface area (Å²) in [6.07, 6.45) is 6.46. The fourth-order valence-electron chi connectivity index (χ4n) is 3.85. The molecule has 32 heavy (non-hydrogen) atoms. The number of nitrogens with one attached hydrogen (secondary N) is 2. The van der Waals surface area contributed by atoms with Crippen LogP contribution >= 0.6 is 23.6 Å². The molecule has 3 rings (SSSR count). The molecule has 0 spiro atoms. The zero-order valence-electron chi connectivity index (χ0n) is 19.0. The first kappa shape index (κ1) is 24.1. The van der Waals surface area contributed by atoms with E-state index in [2.05, 4.69) is 10.6 Å². The Labute approximate surface area is 198 Å². The van der Waals surface area contributed by atoms with E-state index in [1.165, 1.54) is 17.7 Å². The number of ether oxygens (including phenoxy) is 4. The monoisotopic (exact) mass is 478 g/mol. The minimum absolute atomic E-state index is 0.302. The normalized spacial score (nSPS) is 13.2. The van der Waals surface area contributed by atoms with Crippen molar-refractivity contribution < 1.29 is 23.7 Å². The molecule has 9 heteroatoms. The first-order chi connectivity index (χ1) is 15.5. The Kier molecular flexibility index (Phi) is 8.58. The number of carbonyl (C=O) groups excluding carboxylic acids is 1. The number of esters is 1. The molecule has 0 saturated carbocycles. The van der Waals surface area contributed by atoms with Gasteiger partial charge in [0.2, 0.25) is 5.75 Å². The van der Waals surface area contributed by atoms with Gasteiger partial charge < -0.3 is 29.6 Å². The van der Waals surface area contributed by atoms with Gasteiger partial charge in [0.15, 0.2) is 16.6 Å². The predicted molar refractivity (Wildman–Crippen MR) is 132 cm³/mol. The molecule has 1 aromatic heterocycles. The molecular formula is C23H30N2O5S2. The molecule has 0 unspecified atom stereocenters. The van der Waals surface area contributed by atoms with E-state index in [0.29, 0.717) is 40.2 Å². The number of carbonyl (C=O) groups is 1. The highest BCUT2D eigenvalue weighted by Crippen LogP contribution is 2.40. The summed E-state index contributed by atoms with van der Waals surface area (Å²) >= 11 is 7.15. The quantitative estimate of drug-likeness (QED) is 0.404. The number of methoxy groups -OCH3 is 3. The fraction of sp³-hybridized carbons (Fsp3) is 0.478. The van der Waals surface area contributed by atoms with Gasteiger partial charge in [0.25, 0.3) is 0 Å². The second-order valence-electron chi connectivity index (χ2n) is 7.34. The molecule has 2 aromatic rings. The first-order valence-corrected chi connectivity index (χ1v) is 11.9. The number of fused-ring (bicyclic) bond motifs is 1. The van der Waals surface area contributed by atoms with Crippen LogP contribution in [0.2, 0.25) is 0 Å². The third-order valence-electron chi connectivity index (χ3n) is 5.30. The lowest BCUT2D eigenvalue weighted by molar-refractivity contribution is 0.0526. The Morgan fingerprint density at radius 1 is 1.00 bits per heavy atom. The van der Waals surface area contributed by atoms with E-state index in [0.717, 1.165) is 36.2 Å². The number of aryl methyl sites for hydroxylation is 1. The molecule has 0 saturated heterocycles. The average Bonchev–Trinajstić information content (AvgIpc) is 3.08. The zero-order valence-corrected chi connectivity index (χ0v) is 20.6. The van der Waals surface area contributed by atoms with Crippen LogP contribution in [0.15, 0.2) is 12.1 Å². The highest BCUT2D eigenvalue weighted by Gasteiger charge is 2.26. The Bertz CT molecular complexity index is 949. The van der Waals surface area contributed by atoms with E-state index < -0.39 is 0 Å². The van der Waals surface area contributed by atoms with Gasteiger partial charge >= 0.3 is 5.97 Å². The molecule has 2 N–H and O–H groups in total. The second-order valence-corrected chi connectivity index (χ2v) is 8.85. The first-order valence-electron chi connectivity index (χ1n) is 10.7. The number of thiophene rings is 1. The summed E-state index contributed by atoms with van der Waals surface area (Å²) in [4.78, 5) is 14.0. The van der Waals surface area contributed by atoms with Gasteiger partial charge in [-0.2, -0.15) is 0 Å². The molecule has 1 aromatic carbocycles. The van der Waals surface area contributed by atoms with Crippen molar-refractivity contribution in [1.82, 2.24) is 0 Å². The number of benzene rings is 1. The van der Waals surface area contributed by atoms with Gasteiger partial charge in [-0.25, -0.2) is 4.79 Å². The molecular weight excluding hydrogens is 448 g/mol. The summed E-state index contributed by atoms with van der Waals surface area (Å²) in [6, 6.07) is 3.55. The van der Waals surface area contributed by atoms with Crippen molar-refractivity contribution >= 4 is 45.3 Å². The van der Waals surface area contributed by atoms with Crippen molar-refractivity contribution in [3.63, 3.8) is 0 Å². The smallest absolute Gasteiger partial charge is 0.341 e. The van der Waals surface area contributed by atoms with Crippen LogP contribution in [0.5, 0.6) is 17.2 Å². The molecule has 0 atom stereocenters. The van der Waals surface area contributed by atoms with E-state index in [9.17, 15) is 4.79 Å². The maximum atomic E-state index is 12.8. The van der Waals surface area contributed by atoms with Crippen LogP contribution in [0, 0.1) is 0 Å². The third kappa shape index (κ3) is 5.45. The van der Waals surface area contributed by atoms with E-state index in [1.807, 2.05) is 6.92 Å². The summed E-state index contributed by atoms with van der Waals surface area (Å²) in [7, 11) is 4.68. The molecule has 0 amide bonds. The number of anilines is 2.